The molecule has 0 fully saturated rings. The normalized spacial score (nSPS) is 12.2. The Bertz CT molecular complexity index is 373. The molecule has 1 aromatic rings. The number of rotatable bonds is 6. The maximum atomic E-state index is 12.2. The molecule has 100 valence electrons. The van der Waals surface area contributed by atoms with Crippen LogP contribution in [0.1, 0.15) is 39.2 Å². The number of hydrogen-bond donors (Lipinski definition) is 1. The summed E-state index contributed by atoms with van der Waals surface area (Å²) in [4.78, 5) is 14.1. The van der Waals surface area contributed by atoms with E-state index in [1.807, 2.05) is 43.0 Å². The molecule has 0 aliphatic carbocycles. The van der Waals surface area contributed by atoms with Crippen LogP contribution in [0.2, 0.25) is 0 Å². The molecule has 3 nitrogen and oxygen atoms in total. The number of nitrogens with zero attached hydrogens (tertiary/aromatic N) is 1. The van der Waals surface area contributed by atoms with E-state index in [9.17, 15) is 4.79 Å². The first kappa shape index (κ1) is 14.6. The predicted molar refractivity (Wildman–Crippen MR) is 76.0 cm³/mol. The molecule has 0 bridgehead atoms. The van der Waals surface area contributed by atoms with E-state index in [-0.39, 0.29) is 11.8 Å². The van der Waals surface area contributed by atoms with E-state index in [2.05, 4.69) is 6.92 Å². The fourth-order valence-electron chi connectivity index (χ4n) is 2.06. The van der Waals surface area contributed by atoms with Gasteiger partial charge in [-0.05, 0) is 31.0 Å². The highest BCUT2D eigenvalue weighted by molar-refractivity contribution is 5.78. The quantitative estimate of drug-likeness (QED) is 0.786. The Morgan fingerprint density at radius 1 is 1.28 bits per heavy atom. The molecule has 1 amide bonds. The Balaban J connectivity index is 2.66. The smallest absolute Gasteiger partial charge is 0.225 e. The maximum absolute atomic E-state index is 12.2. The van der Waals surface area contributed by atoms with Crippen LogP contribution in [0.25, 0.3) is 0 Å². The third-order valence-corrected chi connectivity index (χ3v) is 3.19. The summed E-state index contributed by atoms with van der Waals surface area (Å²) in [6.07, 6.45) is 2.00. The summed E-state index contributed by atoms with van der Waals surface area (Å²) in [5, 5.41) is 0. The SMILES string of the molecule is CCCC(C)C(=O)N(CC)Cc1ccc(N)cc1. The molecule has 3 heteroatoms. The number of carbonyl (C=O) groups excluding carboxylic acids is 1. The first-order chi connectivity index (χ1) is 8.58. The summed E-state index contributed by atoms with van der Waals surface area (Å²) in [6.45, 7) is 7.56. The van der Waals surface area contributed by atoms with Crippen molar-refractivity contribution in [3.63, 3.8) is 0 Å². The summed E-state index contributed by atoms with van der Waals surface area (Å²) in [5.41, 5.74) is 7.54. The molecule has 2 N–H and O–H groups in total. The maximum Gasteiger partial charge on any atom is 0.225 e. The minimum absolute atomic E-state index is 0.115. The molecule has 0 aliphatic rings. The molecular formula is C15H24N2O. The molecule has 1 rings (SSSR count). The molecule has 0 aromatic heterocycles. The van der Waals surface area contributed by atoms with Crippen molar-refractivity contribution in [2.24, 2.45) is 5.92 Å². The van der Waals surface area contributed by atoms with Crippen LogP contribution in [-0.2, 0) is 11.3 Å². The second-order valence-electron chi connectivity index (χ2n) is 4.78. The van der Waals surface area contributed by atoms with E-state index in [1.54, 1.807) is 0 Å². The van der Waals surface area contributed by atoms with Crippen molar-refractivity contribution in [1.29, 1.82) is 0 Å². The Kier molecular flexibility index (Phi) is 5.69. The summed E-state index contributed by atoms with van der Waals surface area (Å²) >= 11 is 0. The van der Waals surface area contributed by atoms with Crippen molar-refractivity contribution in [2.75, 3.05) is 12.3 Å². The van der Waals surface area contributed by atoms with Crippen LogP contribution in [0.15, 0.2) is 24.3 Å². The minimum atomic E-state index is 0.115. The molecule has 0 radical (unpaired) electrons. The largest absolute Gasteiger partial charge is 0.399 e. The fraction of sp³-hybridized carbons (Fsp3) is 0.533. The number of nitrogens with two attached hydrogens (primary N) is 1. The van der Waals surface area contributed by atoms with Gasteiger partial charge < -0.3 is 10.6 Å². The number of amides is 1. The van der Waals surface area contributed by atoms with Crippen LogP contribution < -0.4 is 5.73 Å². The number of nitrogen functional groups attached to an aromatic ring is 1. The van der Waals surface area contributed by atoms with Crippen LogP contribution in [0.3, 0.4) is 0 Å². The molecule has 0 saturated carbocycles. The Morgan fingerprint density at radius 3 is 2.39 bits per heavy atom. The number of anilines is 1. The van der Waals surface area contributed by atoms with Crippen LogP contribution in [0.4, 0.5) is 5.69 Å². The van der Waals surface area contributed by atoms with Gasteiger partial charge in [-0.3, -0.25) is 4.79 Å². The van der Waals surface area contributed by atoms with Crippen molar-refractivity contribution in [3.8, 4) is 0 Å². The molecular weight excluding hydrogens is 224 g/mol. The fourth-order valence-corrected chi connectivity index (χ4v) is 2.06. The van der Waals surface area contributed by atoms with Gasteiger partial charge in [-0.25, -0.2) is 0 Å². The van der Waals surface area contributed by atoms with Gasteiger partial charge in [0.05, 0.1) is 0 Å². The van der Waals surface area contributed by atoms with Gasteiger partial charge in [0.15, 0.2) is 0 Å². The molecule has 0 heterocycles. The van der Waals surface area contributed by atoms with Gasteiger partial charge >= 0.3 is 0 Å². The molecule has 1 unspecified atom stereocenters. The zero-order chi connectivity index (χ0) is 13.5. The topological polar surface area (TPSA) is 46.3 Å². The average Bonchev–Trinajstić information content (AvgIpc) is 2.37. The van der Waals surface area contributed by atoms with Crippen molar-refractivity contribution in [1.82, 2.24) is 4.90 Å². The Morgan fingerprint density at radius 2 is 1.89 bits per heavy atom. The van der Waals surface area contributed by atoms with Gasteiger partial charge in [0.2, 0.25) is 5.91 Å². The van der Waals surface area contributed by atoms with Crippen LogP contribution in [-0.4, -0.2) is 17.4 Å². The van der Waals surface area contributed by atoms with Crippen molar-refractivity contribution >= 4 is 11.6 Å². The lowest BCUT2D eigenvalue weighted by molar-refractivity contribution is -0.135. The minimum Gasteiger partial charge on any atom is -0.399 e. The zero-order valence-corrected chi connectivity index (χ0v) is 11.6. The van der Waals surface area contributed by atoms with Gasteiger partial charge in [0.25, 0.3) is 0 Å². The predicted octanol–water partition coefficient (Wildman–Crippen LogP) is 3.05. The van der Waals surface area contributed by atoms with E-state index in [0.29, 0.717) is 6.54 Å². The average molecular weight is 248 g/mol. The van der Waals surface area contributed by atoms with Crippen LogP contribution in [0, 0.1) is 5.92 Å². The lowest BCUT2D eigenvalue weighted by Gasteiger charge is -2.24. The highest BCUT2D eigenvalue weighted by Crippen LogP contribution is 2.14. The van der Waals surface area contributed by atoms with Crippen LogP contribution in [0.5, 0.6) is 0 Å². The van der Waals surface area contributed by atoms with E-state index < -0.39 is 0 Å². The second-order valence-corrected chi connectivity index (χ2v) is 4.78. The van der Waals surface area contributed by atoms with Crippen molar-refractivity contribution in [3.05, 3.63) is 29.8 Å². The van der Waals surface area contributed by atoms with E-state index in [4.69, 9.17) is 5.73 Å². The standard InChI is InChI=1S/C15H24N2O/c1-4-6-12(3)15(18)17(5-2)11-13-7-9-14(16)10-8-13/h7-10,12H,4-6,11,16H2,1-3H3. The highest BCUT2D eigenvalue weighted by Gasteiger charge is 2.18. The van der Waals surface area contributed by atoms with Gasteiger partial charge in [0.1, 0.15) is 0 Å². The van der Waals surface area contributed by atoms with E-state index >= 15 is 0 Å². The van der Waals surface area contributed by atoms with Crippen LogP contribution >= 0.6 is 0 Å². The summed E-state index contributed by atoms with van der Waals surface area (Å²) in [5.74, 6) is 0.361. The molecule has 18 heavy (non-hydrogen) atoms. The molecule has 0 aliphatic heterocycles. The first-order valence-electron chi connectivity index (χ1n) is 6.71. The lowest BCUT2D eigenvalue weighted by Crippen LogP contribution is -2.34. The van der Waals surface area contributed by atoms with E-state index in [1.165, 1.54) is 0 Å². The second kappa shape index (κ2) is 7.04. The summed E-state index contributed by atoms with van der Waals surface area (Å²) in [6, 6.07) is 7.72. The van der Waals surface area contributed by atoms with Crippen molar-refractivity contribution < 1.29 is 4.79 Å². The number of benzene rings is 1. The van der Waals surface area contributed by atoms with Crippen molar-refractivity contribution in [2.45, 2.75) is 40.2 Å². The zero-order valence-electron chi connectivity index (χ0n) is 11.6. The monoisotopic (exact) mass is 248 g/mol. The van der Waals surface area contributed by atoms with Gasteiger partial charge in [0, 0.05) is 24.7 Å². The molecule has 1 aromatic carbocycles. The summed E-state index contributed by atoms with van der Waals surface area (Å²) in [7, 11) is 0. The Hall–Kier alpha value is -1.51. The third-order valence-electron chi connectivity index (χ3n) is 3.19. The third kappa shape index (κ3) is 4.06. The number of hydrogen-bond acceptors (Lipinski definition) is 2. The molecule has 1 atom stereocenters. The van der Waals surface area contributed by atoms with Gasteiger partial charge in [-0.1, -0.05) is 32.4 Å². The summed E-state index contributed by atoms with van der Waals surface area (Å²) < 4.78 is 0. The first-order valence-corrected chi connectivity index (χ1v) is 6.71. The molecule has 0 saturated heterocycles. The highest BCUT2D eigenvalue weighted by atomic mass is 16.2. The number of carbonyl (C=O) groups is 1. The van der Waals surface area contributed by atoms with Gasteiger partial charge in [-0.15, -0.1) is 0 Å². The molecule has 0 spiro atoms. The Labute approximate surface area is 110 Å². The lowest BCUT2D eigenvalue weighted by atomic mass is 10.0. The van der Waals surface area contributed by atoms with Gasteiger partial charge in [-0.2, -0.15) is 0 Å². The van der Waals surface area contributed by atoms with E-state index in [0.717, 1.165) is 30.6 Å².